The number of thiazole rings is 1. The minimum atomic E-state index is 0.0759. The zero-order chi connectivity index (χ0) is 15.6. The van der Waals surface area contributed by atoms with Crippen molar-refractivity contribution in [3.05, 3.63) is 29.8 Å². The quantitative estimate of drug-likeness (QED) is 0.927. The molecule has 0 radical (unpaired) electrons. The molecule has 0 unspecified atom stereocenters. The van der Waals surface area contributed by atoms with Crippen LogP contribution in [0.15, 0.2) is 24.0 Å². The zero-order valence-corrected chi connectivity index (χ0v) is 14.2. The standard InChI is InChI=1S/C16H23N5OS/c1-20-9-5-17-15(20)14-13(4-10-22-14)19-12-2-7-21(8-3-12)16-18-6-11-23-16/h5-6,9,11-14,19H,2-4,7-8,10H2,1H3/t13-,14-/m0/s1. The summed E-state index contributed by atoms with van der Waals surface area (Å²) in [6.07, 6.45) is 9.17. The van der Waals surface area contributed by atoms with Crippen LogP contribution in [-0.4, -0.2) is 46.3 Å². The summed E-state index contributed by atoms with van der Waals surface area (Å²) < 4.78 is 8.01. The van der Waals surface area contributed by atoms with Crippen LogP contribution in [0.2, 0.25) is 0 Å². The van der Waals surface area contributed by atoms with Crippen molar-refractivity contribution in [2.45, 2.75) is 37.5 Å². The minimum Gasteiger partial charge on any atom is -0.369 e. The minimum absolute atomic E-state index is 0.0759. The second-order valence-corrected chi connectivity index (χ2v) is 7.20. The second-order valence-electron chi connectivity index (χ2n) is 6.33. The molecule has 2 aromatic heterocycles. The van der Waals surface area contributed by atoms with Gasteiger partial charge in [-0.25, -0.2) is 9.97 Å². The second kappa shape index (κ2) is 6.59. The first kappa shape index (κ1) is 15.1. The average Bonchev–Trinajstić information content (AvgIpc) is 3.29. The van der Waals surface area contributed by atoms with Gasteiger partial charge in [0.1, 0.15) is 11.9 Å². The molecule has 6 nitrogen and oxygen atoms in total. The molecule has 0 amide bonds. The number of rotatable bonds is 4. The van der Waals surface area contributed by atoms with Crippen LogP contribution in [-0.2, 0) is 11.8 Å². The van der Waals surface area contributed by atoms with E-state index in [2.05, 4.69) is 24.8 Å². The molecule has 4 heterocycles. The maximum atomic E-state index is 5.95. The van der Waals surface area contributed by atoms with Crippen LogP contribution in [0.4, 0.5) is 5.13 Å². The zero-order valence-electron chi connectivity index (χ0n) is 13.4. The van der Waals surface area contributed by atoms with Crippen LogP contribution < -0.4 is 10.2 Å². The van der Waals surface area contributed by atoms with Crippen molar-refractivity contribution in [3.63, 3.8) is 0 Å². The summed E-state index contributed by atoms with van der Waals surface area (Å²) in [7, 11) is 2.04. The maximum absolute atomic E-state index is 5.95. The molecule has 7 heteroatoms. The lowest BCUT2D eigenvalue weighted by molar-refractivity contribution is 0.0863. The summed E-state index contributed by atoms with van der Waals surface area (Å²) in [4.78, 5) is 11.3. The monoisotopic (exact) mass is 333 g/mol. The Bertz CT molecular complexity index is 620. The van der Waals surface area contributed by atoms with E-state index in [0.29, 0.717) is 12.1 Å². The van der Waals surface area contributed by atoms with Crippen molar-refractivity contribution >= 4 is 16.5 Å². The average molecular weight is 333 g/mol. The van der Waals surface area contributed by atoms with Crippen molar-refractivity contribution in [1.29, 1.82) is 0 Å². The van der Waals surface area contributed by atoms with Gasteiger partial charge in [0.25, 0.3) is 0 Å². The summed E-state index contributed by atoms with van der Waals surface area (Å²) in [5, 5.41) is 7.03. The molecule has 2 fully saturated rings. The topological polar surface area (TPSA) is 55.2 Å². The Hall–Kier alpha value is -1.44. The lowest BCUT2D eigenvalue weighted by atomic mass is 10.0. The molecule has 2 aliphatic heterocycles. The van der Waals surface area contributed by atoms with E-state index in [1.807, 2.05) is 31.0 Å². The van der Waals surface area contributed by atoms with Crippen molar-refractivity contribution < 1.29 is 4.74 Å². The Morgan fingerprint density at radius 1 is 1.22 bits per heavy atom. The molecule has 4 rings (SSSR count). The van der Waals surface area contributed by atoms with Crippen LogP contribution in [0, 0.1) is 0 Å². The van der Waals surface area contributed by atoms with Gasteiger partial charge < -0.3 is 19.5 Å². The van der Waals surface area contributed by atoms with Gasteiger partial charge in [0.2, 0.25) is 0 Å². The molecule has 2 aromatic rings. The number of nitrogens with zero attached hydrogens (tertiary/aromatic N) is 4. The third kappa shape index (κ3) is 3.13. The van der Waals surface area contributed by atoms with Crippen molar-refractivity contribution in [1.82, 2.24) is 19.9 Å². The lowest BCUT2D eigenvalue weighted by Crippen LogP contribution is -2.47. The Labute approximate surface area is 140 Å². The Balaban J connectivity index is 1.35. The number of imidazole rings is 1. The van der Waals surface area contributed by atoms with Gasteiger partial charge >= 0.3 is 0 Å². The van der Waals surface area contributed by atoms with E-state index >= 15 is 0 Å². The number of aryl methyl sites for hydroxylation is 1. The van der Waals surface area contributed by atoms with Gasteiger partial charge in [-0.15, -0.1) is 11.3 Å². The number of hydrogen-bond acceptors (Lipinski definition) is 6. The fourth-order valence-corrected chi connectivity index (χ4v) is 4.28. The highest BCUT2D eigenvalue weighted by atomic mass is 32.1. The van der Waals surface area contributed by atoms with Crippen LogP contribution in [0.3, 0.4) is 0 Å². The number of aromatic nitrogens is 3. The largest absolute Gasteiger partial charge is 0.369 e. The highest BCUT2D eigenvalue weighted by molar-refractivity contribution is 7.13. The van der Waals surface area contributed by atoms with Crippen molar-refractivity contribution in [2.75, 3.05) is 24.6 Å². The lowest BCUT2D eigenvalue weighted by Gasteiger charge is -2.34. The molecule has 124 valence electrons. The molecule has 0 aromatic carbocycles. The summed E-state index contributed by atoms with van der Waals surface area (Å²) >= 11 is 1.73. The number of nitrogens with one attached hydrogen (secondary N) is 1. The van der Waals surface area contributed by atoms with E-state index in [4.69, 9.17) is 4.74 Å². The molecule has 0 spiro atoms. The fourth-order valence-electron chi connectivity index (χ4n) is 3.58. The summed E-state index contributed by atoms with van der Waals surface area (Å²) in [6, 6.07) is 0.924. The van der Waals surface area contributed by atoms with E-state index in [1.54, 1.807) is 11.3 Å². The number of anilines is 1. The first-order chi connectivity index (χ1) is 11.3. The Morgan fingerprint density at radius 3 is 2.78 bits per heavy atom. The van der Waals surface area contributed by atoms with Crippen LogP contribution >= 0.6 is 11.3 Å². The van der Waals surface area contributed by atoms with Gasteiger partial charge in [-0.05, 0) is 19.3 Å². The summed E-state index contributed by atoms with van der Waals surface area (Å²) in [5.41, 5.74) is 0. The Morgan fingerprint density at radius 2 is 2.09 bits per heavy atom. The molecule has 2 saturated heterocycles. The highest BCUT2D eigenvalue weighted by Crippen LogP contribution is 2.29. The van der Waals surface area contributed by atoms with Crippen LogP contribution in [0.5, 0.6) is 0 Å². The predicted molar refractivity (Wildman–Crippen MR) is 90.8 cm³/mol. The first-order valence-electron chi connectivity index (χ1n) is 8.30. The summed E-state index contributed by atoms with van der Waals surface area (Å²) in [6.45, 7) is 2.96. The molecule has 1 N–H and O–H groups in total. The van der Waals surface area contributed by atoms with Gasteiger partial charge in [0.15, 0.2) is 5.13 Å². The summed E-state index contributed by atoms with van der Waals surface area (Å²) in [5.74, 6) is 1.03. The van der Waals surface area contributed by atoms with E-state index in [1.165, 1.54) is 0 Å². The van der Waals surface area contributed by atoms with Gasteiger partial charge in [-0.3, -0.25) is 0 Å². The van der Waals surface area contributed by atoms with Crippen LogP contribution in [0.25, 0.3) is 0 Å². The maximum Gasteiger partial charge on any atom is 0.185 e. The SMILES string of the molecule is Cn1ccnc1[C@H]1OCC[C@@H]1NC1CCN(c2nccs2)CC1. The van der Waals surface area contributed by atoms with Crippen LogP contribution in [0.1, 0.15) is 31.2 Å². The first-order valence-corrected chi connectivity index (χ1v) is 9.18. The third-order valence-corrected chi connectivity index (χ3v) is 5.67. The van der Waals surface area contributed by atoms with Gasteiger partial charge in [0, 0.05) is 62.8 Å². The molecule has 0 saturated carbocycles. The number of ether oxygens (including phenoxy) is 1. The van der Waals surface area contributed by atoms with E-state index < -0.39 is 0 Å². The van der Waals surface area contributed by atoms with E-state index in [0.717, 1.165) is 49.9 Å². The molecule has 0 bridgehead atoms. The fraction of sp³-hybridized carbons (Fsp3) is 0.625. The van der Waals surface area contributed by atoms with Gasteiger partial charge in [-0.2, -0.15) is 0 Å². The predicted octanol–water partition coefficient (Wildman–Crippen LogP) is 1.97. The van der Waals surface area contributed by atoms with E-state index in [9.17, 15) is 0 Å². The molecule has 0 aliphatic carbocycles. The molecular weight excluding hydrogens is 310 g/mol. The normalized spacial score (nSPS) is 26.0. The smallest absolute Gasteiger partial charge is 0.185 e. The molecule has 23 heavy (non-hydrogen) atoms. The molecular formula is C16H23N5OS. The van der Waals surface area contributed by atoms with Crippen molar-refractivity contribution in [3.8, 4) is 0 Å². The highest BCUT2D eigenvalue weighted by Gasteiger charge is 2.34. The van der Waals surface area contributed by atoms with Gasteiger partial charge in [0.05, 0.1) is 0 Å². The molecule has 2 aliphatic rings. The number of hydrogen-bond donors (Lipinski definition) is 1. The van der Waals surface area contributed by atoms with E-state index in [-0.39, 0.29) is 6.10 Å². The van der Waals surface area contributed by atoms with Crippen molar-refractivity contribution in [2.24, 2.45) is 7.05 Å². The Kier molecular flexibility index (Phi) is 4.33. The number of piperidine rings is 1. The van der Waals surface area contributed by atoms with Gasteiger partial charge in [-0.1, -0.05) is 0 Å². The third-order valence-electron chi connectivity index (χ3n) is 4.84. The molecule has 2 atom stereocenters.